The number of amides is 2. The summed E-state index contributed by atoms with van der Waals surface area (Å²) < 4.78 is 0. The Bertz CT molecular complexity index is 400. The summed E-state index contributed by atoms with van der Waals surface area (Å²) in [6.45, 7) is 3.33. The second-order valence-corrected chi connectivity index (χ2v) is 7.32. The highest BCUT2D eigenvalue weighted by molar-refractivity contribution is 8.13. The minimum Gasteiger partial charge on any atom is -0.354 e. The molecule has 3 fully saturated rings. The Kier molecular flexibility index (Phi) is 5.06. The summed E-state index contributed by atoms with van der Waals surface area (Å²) in [5, 5.41) is 3.20. The van der Waals surface area contributed by atoms with Gasteiger partial charge in [-0.05, 0) is 32.2 Å². The Hall–Kier alpha value is -0.750. The van der Waals surface area contributed by atoms with E-state index in [9.17, 15) is 9.59 Å². The van der Waals surface area contributed by atoms with Gasteiger partial charge >= 0.3 is 0 Å². The van der Waals surface area contributed by atoms with Crippen LogP contribution >= 0.6 is 11.8 Å². The van der Waals surface area contributed by atoms with Gasteiger partial charge in [-0.3, -0.25) is 14.5 Å². The summed E-state index contributed by atoms with van der Waals surface area (Å²) in [7, 11) is 0. The Balaban J connectivity index is 1.37. The predicted molar refractivity (Wildman–Crippen MR) is 84.4 cm³/mol. The van der Waals surface area contributed by atoms with Crippen LogP contribution in [0.5, 0.6) is 0 Å². The van der Waals surface area contributed by atoms with Crippen molar-refractivity contribution in [2.75, 3.05) is 31.9 Å². The van der Waals surface area contributed by atoms with Crippen molar-refractivity contribution in [3.8, 4) is 0 Å². The number of hydrogen-bond acceptors (Lipinski definition) is 4. The van der Waals surface area contributed by atoms with Crippen LogP contribution < -0.4 is 5.32 Å². The van der Waals surface area contributed by atoms with E-state index in [4.69, 9.17) is 0 Å². The first-order valence-corrected chi connectivity index (χ1v) is 9.17. The zero-order valence-corrected chi connectivity index (χ0v) is 13.4. The second-order valence-electron chi connectivity index (χ2n) is 6.27. The zero-order valence-electron chi connectivity index (χ0n) is 12.6. The summed E-state index contributed by atoms with van der Waals surface area (Å²) in [4.78, 5) is 27.8. The summed E-state index contributed by atoms with van der Waals surface area (Å²) in [6.07, 6.45) is 6.89. The maximum absolute atomic E-state index is 12.0. The molecule has 5 nitrogen and oxygen atoms in total. The topological polar surface area (TPSA) is 52.7 Å². The molecule has 2 saturated heterocycles. The Morgan fingerprint density at radius 3 is 2.81 bits per heavy atom. The van der Waals surface area contributed by atoms with E-state index in [1.54, 1.807) is 4.90 Å². The lowest BCUT2D eigenvalue weighted by atomic mass is 10.0. The lowest BCUT2D eigenvalue weighted by molar-refractivity contribution is -0.121. The molecule has 2 aliphatic heterocycles. The number of likely N-dealkylation sites (tertiary alicyclic amines) is 1. The van der Waals surface area contributed by atoms with Gasteiger partial charge in [-0.1, -0.05) is 18.2 Å². The molecule has 1 saturated carbocycles. The summed E-state index contributed by atoms with van der Waals surface area (Å²) >= 11 is 1.35. The third kappa shape index (κ3) is 4.13. The lowest BCUT2D eigenvalue weighted by Gasteiger charge is -2.36. The highest BCUT2D eigenvalue weighted by Crippen LogP contribution is 2.32. The maximum atomic E-state index is 12.0. The van der Waals surface area contributed by atoms with Gasteiger partial charge < -0.3 is 10.2 Å². The van der Waals surface area contributed by atoms with Crippen molar-refractivity contribution in [1.82, 2.24) is 15.1 Å². The molecule has 0 aromatic rings. The molecular formula is C15H25N3O2S. The van der Waals surface area contributed by atoms with Crippen molar-refractivity contribution < 1.29 is 9.59 Å². The molecule has 1 N–H and O–H groups in total. The van der Waals surface area contributed by atoms with Crippen LogP contribution in [0.4, 0.5) is 4.79 Å². The van der Waals surface area contributed by atoms with Gasteiger partial charge in [-0.15, -0.1) is 0 Å². The molecule has 2 amide bonds. The molecule has 2 heterocycles. The fourth-order valence-electron chi connectivity index (χ4n) is 3.31. The van der Waals surface area contributed by atoms with Gasteiger partial charge in [-0.25, -0.2) is 0 Å². The minimum absolute atomic E-state index is 0.0843. The van der Waals surface area contributed by atoms with Gasteiger partial charge in [0.25, 0.3) is 5.24 Å². The molecule has 1 aliphatic carbocycles. The van der Waals surface area contributed by atoms with Crippen LogP contribution in [-0.2, 0) is 4.79 Å². The summed E-state index contributed by atoms with van der Waals surface area (Å²) in [5.74, 6) is 0.944. The largest absolute Gasteiger partial charge is 0.354 e. The fraction of sp³-hybridized carbons (Fsp3) is 0.867. The van der Waals surface area contributed by atoms with E-state index >= 15 is 0 Å². The van der Waals surface area contributed by atoms with E-state index in [2.05, 4.69) is 10.2 Å². The first-order chi connectivity index (χ1) is 10.2. The molecule has 3 rings (SSSR count). The molecule has 6 heteroatoms. The minimum atomic E-state index is 0.0843. The van der Waals surface area contributed by atoms with Crippen LogP contribution in [0.25, 0.3) is 0 Å². The van der Waals surface area contributed by atoms with Gasteiger partial charge in [0, 0.05) is 43.9 Å². The first kappa shape index (κ1) is 15.2. The highest BCUT2D eigenvalue weighted by atomic mass is 32.2. The number of piperidine rings is 1. The third-order valence-corrected chi connectivity index (χ3v) is 5.57. The van der Waals surface area contributed by atoms with Crippen molar-refractivity contribution in [3.05, 3.63) is 0 Å². The number of nitrogens with zero attached hydrogens (tertiary/aromatic N) is 2. The number of thioether (sulfide) groups is 1. The standard InChI is InChI=1S/C15H25N3O2S/c19-14(6-8-17-9-10-21-15(17)20)16-11-13-3-1-2-7-18(13)12-4-5-12/h12-13H,1-11H2,(H,16,19). The number of rotatable bonds is 6. The van der Waals surface area contributed by atoms with Crippen LogP contribution in [0.15, 0.2) is 0 Å². The Morgan fingerprint density at radius 2 is 2.10 bits per heavy atom. The van der Waals surface area contributed by atoms with Crippen molar-refractivity contribution >= 4 is 22.9 Å². The van der Waals surface area contributed by atoms with Crippen molar-refractivity contribution in [2.45, 2.75) is 50.6 Å². The van der Waals surface area contributed by atoms with E-state index < -0.39 is 0 Å². The van der Waals surface area contributed by atoms with Crippen LogP contribution in [0, 0.1) is 0 Å². The zero-order chi connectivity index (χ0) is 14.7. The first-order valence-electron chi connectivity index (χ1n) is 8.18. The quantitative estimate of drug-likeness (QED) is 0.811. The van der Waals surface area contributed by atoms with E-state index in [1.165, 1.54) is 50.4 Å². The molecule has 0 bridgehead atoms. The van der Waals surface area contributed by atoms with Crippen LogP contribution in [0.1, 0.15) is 38.5 Å². The molecule has 118 valence electrons. The monoisotopic (exact) mass is 311 g/mol. The van der Waals surface area contributed by atoms with Crippen molar-refractivity contribution in [1.29, 1.82) is 0 Å². The highest BCUT2D eigenvalue weighted by Gasteiger charge is 2.35. The van der Waals surface area contributed by atoms with Crippen LogP contribution in [0.2, 0.25) is 0 Å². The number of carbonyl (C=O) groups is 2. The van der Waals surface area contributed by atoms with Gasteiger partial charge in [-0.2, -0.15) is 0 Å². The van der Waals surface area contributed by atoms with E-state index in [1.807, 2.05) is 0 Å². The predicted octanol–water partition coefficient (Wildman–Crippen LogP) is 1.68. The molecular weight excluding hydrogens is 286 g/mol. The number of nitrogens with one attached hydrogen (secondary N) is 1. The normalized spacial score (nSPS) is 27.1. The Morgan fingerprint density at radius 1 is 1.24 bits per heavy atom. The van der Waals surface area contributed by atoms with Crippen molar-refractivity contribution in [3.63, 3.8) is 0 Å². The Labute approximate surface area is 130 Å². The van der Waals surface area contributed by atoms with E-state index in [0.29, 0.717) is 19.0 Å². The summed E-state index contributed by atoms with van der Waals surface area (Å²) in [6, 6.07) is 1.31. The third-order valence-electron chi connectivity index (χ3n) is 4.68. The fourth-order valence-corrected chi connectivity index (χ4v) is 4.17. The molecule has 21 heavy (non-hydrogen) atoms. The average Bonchev–Trinajstić information content (AvgIpc) is 3.26. The molecule has 1 atom stereocenters. The molecule has 0 spiro atoms. The van der Waals surface area contributed by atoms with Crippen LogP contribution in [0.3, 0.4) is 0 Å². The summed E-state index contributed by atoms with van der Waals surface area (Å²) in [5.41, 5.74) is 0. The number of hydrogen-bond donors (Lipinski definition) is 1. The van der Waals surface area contributed by atoms with E-state index in [0.717, 1.165) is 24.9 Å². The molecule has 0 radical (unpaired) electrons. The van der Waals surface area contributed by atoms with Gasteiger partial charge in [0.05, 0.1) is 0 Å². The van der Waals surface area contributed by atoms with Gasteiger partial charge in [0.15, 0.2) is 0 Å². The smallest absolute Gasteiger partial charge is 0.281 e. The molecule has 3 aliphatic rings. The number of carbonyl (C=O) groups excluding carboxylic acids is 2. The van der Waals surface area contributed by atoms with Gasteiger partial charge in [0.2, 0.25) is 5.91 Å². The maximum Gasteiger partial charge on any atom is 0.281 e. The average molecular weight is 311 g/mol. The SMILES string of the molecule is O=C(CCN1CCSC1=O)NCC1CCCCN1C1CC1. The lowest BCUT2D eigenvalue weighted by Crippen LogP contribution is -2.47. The van der Waals surface area contributed by atoms with E-state index in [-0.39, 0.29) is 11.1 Å². The molecule has 1 unspecified atom stereocenters. The second kappa shape index (κ2) is 7.01. The van der Waals surface area contributed by atoms with Crippen molar-refractivity contribution in [2.24, 2.45) is 0 Å². The molecule has 0 aromatic heterocycles. The van der Waals surface area contributed by atoms with Gasteiger partial charge in [0.1, 0.15) is 0 Å². The van der Waals surface area contributed by atoms with Crippen LogP contribution in [-0.4, -0.2) is 65.0 Å². The molecule has 0 aromatic carbocycles.